The number of hydrogen-bond acceptors (Lipinski definition) is 0. The van der Waals surface area contributed by atoms with E-state index in [2.05, 4.69) is 45.9 Å². The van der Waals surface area contributed by atoms with Crippen LogP contribution in [-0.4, -0.2) is 0 Å². The smallest absolute Gasteiger partial charge is 0.0219 e. The van der Waals surface area contributed by atoms with Crippen molar-refractivity contribution < 1.29 is 0 Å². The maximum atomic E-state index is 2.36. The van der Waals surface area contributed by atoms with E-state index in [1.54, 1.807) is 0 Å². The summed E-state index contributed by atoms with van der Waals surface area (Å²) in [6, 6.07) is 6.92. The van der Waals surface area contributed by atoms with Gasteiger partial charge in [-0.05, 0) is 35.4 Å². The van der Waals surface area contributed by atoms with Crippen molar-refractivity contribution in [3.05, 3.63) is 34.9 Å². The molecule has 0 nitrogen and oxygen atoms in total. The minimum Gasteiger partial charge on any atom is -0.0683 e. The third kappa shape index (κ3) is 9.76. The molecule has 1 aromatic rings. The molecule has 0 aliphatic rings. The van der Waals surface area contributed by atoms with Crippen LogP contribution in [0.25, 0.3) is 0 Å². The molecule has 0 spiro atoms. The third-order valence-corrected chi connectivity index (χ3v) is 2.66. The summed E-state index contributed by atoms with van der Waals surface area (Å²) in [5.41, 5.74) is 4.50. The zero-order valence-electron chi connectivity index (χ0n) is 15.2. The molecule has 19 heavy (non-hydrogen) atoms. The molecule has 1 rings (SSSR count). The van der Waals surface area contributed by atoms with Crippen LogP contribution in [0.1, 0.15) is 91.8 Å². The lowest BCUT2D eigenvalue weighted by molar-refractivity contribution is 0.858. The first kappa shape index (κ1) is 23.3. The molecule has 0 bridgehead atoms. The van der Waals surface area contributed by atoms with Gasteiger partial charge in [0.25, 0.3) is 0 Å². The van der Waals surface area contributed by atoms with Gasteiger partial charge in [0.05, 0.1) is 0 Å². The summed E-state index contributed by atoms with van der Waals surface area (Å²) in [4.78, 5) is 0. The number of benzene rings is 1. The van der Waals surface area contributed by atoms with Crippen molar-refractivity contribution in [1.82, 2.24) is 0 Å². The van der Waals surface area contributed by atoms with Gasteiger partial charge in [0, 0.05) is 0 Å². The molecule has 0 radical (unpaired) electrons. The van der Waals surface area contributed by atoms with Gasteiger partial charge in [-0.3, -0.25) is 0 Å². The maximum Gasteiger partial charge on any atom is -0.0219 e. The highest BCUT2D eigenvalue weighted by molar-refractivity contribution is 5.33. The fourth-order valence-corrected chi connectivity index (χ4v) is 1.68. The van der Waals surface area contributed by atoms with Gasteiger partial charge in [-0.15, -0.1) is 0 Å². The summed E-state index contributed by atoms with van der Waals surface area (Å²) in [5, 5.41) is 0. The summed E-state index contributed by atoms with van der Waals surface area (Å²) >= 11 is 0. The predicted molar refractivity (Wildman–Crippen MR) is 93.3 cm³/mol. The Morgan fingerprint density at radius 2 is 1.16 bits per heavy atom. The van der Waals surface area contributed by atoms with Crippen LogP contribution in [0.15, 0.2) is 18.2 Å². The molecule has 0 aliphatic heterocycles. The second kappa shape index (κ2) is 17.2. The van der Waals surface area contributed by atoms with Crippen molar-refractivity contribution in [3.63, 3.8) is 0 Å². The number of aryl methyl sites for hydroxylation is 2. The Labute approximate surface area is 123 Å². The standard InChI is InChI=1S/C13H20.3C2H6/c1-5-11-7-8-13(10(3)4)9-12(11)6-2;3*1-2/h7-10H,5-6H2,1-4H3;3*1-2H3. The van der Waals surface area contributed by atoms with Crippen molar-refractivity contribution in [2.24, 2.45) is 0 Å². The van der Waals surface area contributed by atoms with E-state index < -0.39 is 0 Å². The molecule has 0 unspecified atom stereocenters. The molecule has 0 saturated heterocycles. The van der Waals surface area contributed by atoms with E-state index in [0.717, 1.165) is 12.8 Å². The van der Waals surface area contributed by atoms with Gasteiger partial charge in [0.15, 0.2) is 0 Å². The van der Waals surface area contributed by atoms with Gasteiger partial charge < -0.3 is 0 Å². The van der Waals surface area contributed by atoms with Crippen LogP contribution in [0.3, 0.4) is 0 Å². The second-order valence-electron chi connectivity index (χ2n) is 3.89. The number of rotatable bonds is 3. The zero-order chi connectivity index (χ0) is 15.8. The van der Waals surface area contributed by atoms with Gasteiger partial charge in [-0.1, -0.05) is 87.4 Å². The van der Waals surface area contributed by atoms with E-state index in [-0.39, 0.29) is 0 Å². The molecule has 0 heteroatoms. The average Bonchev–Trinajstić information content (AvgIpc) is 2.52. The minimum atomic E-state index is 0.649. The minimum absolute atomic E-state index is 0.649. The highest BCUT2D eigenvalue weighted by Gasteiger charge is 2.03. The largest absolute Gasteiger partial charge is 0.0683 e. The molecule has 0 fully saturated rings. The molecule has 0 saturated carbocycles. The van der Waals surface area contributed by atoms with Gasteiger partial charge in [-0.2, -0.15) is 0 Å². The molecular formula is C19H38. The van der Waals surface area contributed by atoms with Crippen LogP contribution in [0.2, 0.25) is 0 Å². The van der Waals surface area contributed by atoms with Crippen LogP contribution in [-0.2, 0) is 12.8 Å². The molecule has 0 aliphatic carbocycles. The number of hydrogen-bond donors (Lipinski definition) is 0. The van der Waals surface area contributed by atoms with Crippen molar-refractivity contribution >= 4 is 0 Å². The van der Waals surface area contributed by atoms with Gasteiger partial charge in [-0.25, -0.2) is 0 Å². The Morgan fingerprint density at radius 3 is 1.47 bits per heavy atom. The molecule has 1 aromatic carbocycles. The zero-order valence-corrected chi connectivity index (χ0v) is 15.2. The fraction of sp³-hybridized carbons (Fsp3) is 0.684. The van der Waals surface area contributed by atoms with Crippen LogP contribution < -0.4 is 0 Å². The van der Waals surface area contributed by atoms with Crippen LogP contribution >= 0.6 is 0 Å². The summed E-state index contributed by atoms with van der Waals surface area (Å²) in [5.74, 6) is 0.649. The molecule has 0 atom stereocenters. The maximum absolute atomic E-state index is 2.36. The highest BCUT2D eigenvalue weighted by atomic mass is 14.1. The van der Waals surface area contributed by atoms with E-state index in [0.29, 0.717) is 5.92 Å². The Bertz CT molecular complexity index is 271. The van der Waals surface area contributed by atoms with E-state index in [1.807, 2.05) is 41.5 Å². The van der Waals surface area contributed by atoms with Crippen molar-refractivity contribution in [2.75, 3.05) is 0 Å². The SMILES string of the molecule is CC.CC.CC.CCc1ccc(C(C)C)cc1CC. The van der Waals surface area contributed by atoms with Crippen LogP contribution in [0.5, 0.6) is 0 Å². The first-order valence-corrected chi connectivity index (χ1v) is 8.30. The van der Waals surface area contributed by atoms with Crippen LogP contribution in [0.4, 0.5) is 0 Å². The lowest BCUT2D eigenvalue weighted by Crippen LogP contribution is -1.95. The highest BCUT2D eigenvalue weighted by Crippen LogP contribution is 2.19. The summed E-state index contributed by atoms with van der Waals surface area (Å²) in [6.45, 7) is 21.0. The topological polar surface area (TPSA) is 0 Å². The Balaban J connectivity index is -0.000000375. The monoisotopic (exact) mass is 266 g/mol. The van der Waals surface area contributed by atoms with Crippen molar-refractivity contribution in [2.45, 2.75) is 88.0 Å². The summed E-state index contributed by atoms with van der Waals surface area (Å²) in [6.07, 6.45) is 2.31. The molecule has 0 amide bonds. The van der Waals surface area contributed by atoms with E-state index in [1.165, 1.54) is 16.7 Å². The Hall–Kier alpha value is -0.780. The second-order valence-corrected chi connectivity index (χ2v) is 3.89. The van der Waals surface area contributed by atoms with Gasteiger partial charge in [0.1, 0.15) is 0 Å². The van der Waals surface area contributed by atoms with E-state index >= 15 is 0 Å². The molecule has 0 aromatic heterocycles. The normalized spacial score (nSPS) is 8.37. The third-order valence-electron chi connectivity index (χ3n) is 2.66. The lowest BCUT2D eigenvalue weighted by atomic mass is 9.95. The van der Waals surface area contributed by atoms with E-state index in [9.17, 15) is 0 Å². The summed E-state index contributed by atoms with van der Waals surface area (Å²) < 4.78 is 0. The summed E-state index contributed by atoms with van der Waals surface area (Å²) in [7, 11) is 0. The van der Waals surface area contributed by atoms with Crippen molar-refractivity contribution in [3.8, 4) is 0 Å². The van der Waals surface area contributed by atoms with Crippen LogP contribution in [0, 0.1) is 0 Å². The first-order chi connectivity index (χ1) is 9.19. The predicted octanol–water partition coefficient (Wildman–Crippen LogP) is 7.01. The Morgan fingerprint density at radius 1 is 0.737 bits per heavy atom. The van der Waals surface area contributed by atoms with Gasteiger partial charge >= 0.3 is 0 Å². The molecular weight excluding hydrogens is 228 g/mol. The molecule has 114 valence electrons. The van der Waals surface area contributed by atoms with Gasteiger partial charge in [0.2, 0.25) is 0 Å². The first-order valence-electron chi connectivity index (χ1n) is 8.30. The Kier molecular flexibility index (Phi) is 21.1. The molecule has 0 heterocycles. The average molecular weight is 267 g/mol. The lowest BCUT2D eigenvalue weighted by Gasteiger charge is -2.11. The van der Waals surface area contributed by atoms with E-state index in [4.69, 9.17) is 0 Å². The van der Waals surface area contributed by atoms with Crippen molar-refractivity contribution in [1.29, 1.82) is 0 Å². The quantitative estimate of drug-likeness (QED) is 0.551. The fourth-order valence-electron chi connectivity index (χ4n) is 1.68. The molecule has 0 N–H and O–H groups in total.